The number of hydrogen-bond acceptors (Lipinski definition) is 4. The van der Waals surface area contributed by atoms with Crippen LogP contribution in [0.4, 0.5) is 0 Å². The van der Waals surface area contributed by atoms with Crippen molar-refractivity contribution in [2.75, 3.05) is 0 Å². The van der Waals surface area contributed by atoms with E-state index in [1.54, 1.807) is 0 Å². The highest BCUT2D eigenvalue weighted by molar-refractivity contribution is 7.96. The van der Waals surface area contributed by atoms with Crippen molar-refractivity contribution in [2.45, 2.75) is 65.5 Å². The fourth-order valence-corrected chi connectivity index (χ4v) is 2.30. The SMILES string of the molecule is CCC(C)[C@@H](N)C(=O)C(C)CCC(C)C[C@@H](N)C(=O)S. The Kier molecular flexibility index (Phi) is 9.34. The molecule has 0 aliphatic heterocycles. The molecule has 0 rings (SSSR count). The van der Waals surface area contributed by atoms with Crippen molar-refractivity contribution >= 4 is 23.5 Å². The second-order valence-electron chi connectivity index (χ2n) is 6.08. The van der Waals surface area contributed by atoms with Crippen LogP contribution in [0.2, 0.25) is 0 Å². The highest BCUT2D eigenvalue weighted by atomic mass is 32.1. The lowest BCUT2D eigenvalue weighted by atomic mass is 9.86. The number of Topliss-reactive ketones (excluding diaryl/α,β-unsaturated/α-hetero) is 1. The van der Waals surface area contributed by atoms with Crippen LogP contribution in [0.15, 0.2) is 0 Å². The van der Waals surface area contributed by atoms with Crippen molar-refractivity contribution in [3.63, 3.8) is 0 Å². The van der Waals surface area contributed by atoms with E-state index in [-0.39, 0.29) is 28.8 Å². The maximum absolute atomic E-state index is 12.2. The summed E-state index contributed by atoms with van der Waals surface area (Å²) in [5, 5.41) is -0.278. The third-order valence-electron chi connectivity index (χ3n) is 4.14. The first kappa shape index (κ1) is 19.6. The standard InChI is InChI=1S/C15H30N2O2S/c1-5-10(3)13(17)14(18)11(4)7-6-9(2)8-12(16)15(19)20/h9-13H,5-8,16-17H2,1-4H3,(H,19,20)/t9?,10?,11?,12-,13-/m1/s1. The van der Waals surface area contributed by atoms with Gasteiger partial charge >= 0.3 is 0 Å². The lowest BCUT2D eigenvalue weighted by Crippen LogP contribution is -2.40. The minimum atomic E-state index is -0.512. The summed E-state index contributed by atoms with van der Waals surface area (Å²) in [6, 6.07) is -0.881. The van der Waals surface area contributed by atoms with Crippen LogP contribution >= 0.6 is 12.6 Å². The van der Waals surface area contributed by atoms with Crippen LogP contribution in [0.25, 0.3) is 0 Å². The van der Waals surface area contributed by atoms with E-state index in [9.17, 15) is 9.59 Å². The summed E-state index contributed by atoms with van der Waals surface area (Å²) >= 11 is 3.73. The molecule has 0 aromatic rings. The Morgan fingerprint density at radius 3 is 2.10 bits per heavy atom. The predicted molar refractivity (Wildman–Crippen MR) is 86.6 cm³/mol. The van der Waals surface area contributed by atoms with Crippen LogP contribution in [-0.2, 0) is 9.59 Å². The molecule has 4 N–H and O–H groups in total. The minimum absolute atomic E-state index is 0.0376. The number of rotatable bonds is 10. The molecule has 0 aliphatic carbocycles. The molecule has 4 nitrogen and oxygen atoms in total. The molecule has 118 valence electrons. The molecular formula is C15H30N2O2S. The lowest BCUT2D eigenvalue weighted by Gasteiger charge is -2.22. The summed E-state index contributed by atoms with van der Waals surface area (Å²) in [5.74, 6) is 0.624. The summed E-state index contributed by atoms with van der Waals surface area (Å²) in [7, 11) is 0. The molecule has 5 heteroatoms. The van der Waals surface area contributed by atoms with Crippen LogP contribution in [0, 0.1) is 17.8 Å². The first-order chi connectivity index (χ1) is 9.20. The zero-order valence-electron chi connectivity index (χ0n) is 13.1. The van der Waals surface area contributed by atoms with Gasteiger partial charge in [-0.3, -0.25) is 9.59 Å². The molecule has 0 fully saturated rings. The maximum atomic E-state index is 12.2. The van der Waals surface area contributed by atoms with Gasteiger partial charge in [0, 0.05) is 5.92 Å². The normalized spacial score (nSPS) is 18.9. The van der Waals surface area contributed by atoms with Gasteiger partial charge in [-0.05, 0) is 31.1 Å². The molecule has 0 spiro atoms. The molecule has 0 aromatic heterocycles. The average molecular weight is 302 g/mol. The Hall–Kier alpha value is -0.390. The smallest absolute Gasteiger partial charge is 0.202 e. The average Bonchev–Trinajstić information content (AvgIpc) is 2.41. The fourth-order valence-electron chi connectivity index (χ4n) is 2.19. The Balaban J connectivity index is 4.18. The number of carbonyl (C=O) groups excluding carboxylic acids is 2. The van der Waals surface area contributed by atoms with Gasteiger partial charge in [-0.1, -0.05) is 34.1 Å². The van der Waals surface area contributed by atoms with E-state index in [0.717, 1.165) is 19.3 Å². The van der Waals surface area contributed by atoms with Gasteiger partial charge in [0.15, 0.2) is 5.78 Å². The minimum Gasteiger partial charge on any atom is -0.321 e. The molecule has 0 heterocycles. The molecule has 0 amide bonds. The number of hydrogen-bond donors (Lipinski definition) is 3. The van der Waals surface area contributed by atoms with Crippen molar-refractivity contribution in [3.8, 4) is 0 Å². The molecule has 3 unspecified atom stereocenters. The van der Waals surface area contributed by atoms with Gasteiger partial charge in [0.1, 0.15) is 0 Å². The van der Waals surface area contributed by atoms with E-state index in [4.69, 9.17) is 11.5 Å². The number of thiol groups is 1. The van der Waals surface area contributed by atoms with Gasteiger partial charge in [0.05, 0.1) is 12.1 Å². The van der Waals surface area contributed by atoms with E-state index < -0.39 is 6.04 Å². The Morgan fingerprint density at radius 2 is 1.65 bits per heavy atom. The molecule has 0 bridgehead atoms. The molecule has 0 saturated heterocycles. The van der Waals surface area contributed by atoms with Gasteiger partial charge in [-0.15, -0.1) is 12.6 Å². The zero-order valence-corrected chi connectivity index (χ0v) is 14.0. The van der Waals surface area contributed by atoms with Crippen molar-refractivity contribution in [2.24, 2.45) is 29.2 Å². The molecule has 0 saturated carbocycles. The molecular weight excluding hydrogens is 272 g/mol. The van der Waals surface area contributed by atoms with E-state index in [1.807, 2.05) is 27.7 Å². The third-order valence-corrected chi connectivity index (χ3v) is 4.47. The van der Waals surface area contributed by atoms with Crippen molar-refractivity contribution in [1.82, 2.24) is 0 Å². The highest BCUT2D eigenvalue weighted by Gasteiger charge is 2.25. The van der Waals surface area contributed by atoms with Crippen LogP contribution in [-0.4, -0.2) is 23.0 Å². The van der Waals surface area contributed by atoms with E-state index >= 15 is 0 Å². The van der Waals surface area contributed by atoms with Crippen LogP contribution in [0.5, 0.6) is 0 Å². The van der Waals surface area contributed by atoms with Gasteiger partial charge in [-0.25, -0.2) is 0 Å². The summed E-state index contributed by atoms with van der Waals surface area (Å²) < 4.78 is 0. The largest absolute Gasteiger partial charge is 0.321 e. The molecule has 0 aromatic carbocycles. The Morgan fingerprint density at radius 1 is 1.10 bits per heavy atom. The number of carbonyl (C=O) groups is 2. The Labute approximate surface area is 128 Å². The zero-order chi connectivity index (χ0) is 15.9. The van der Waals surface area contributed by atoms with Crippen molar-refractivity contribution in [1.29, 1.82) is 0 Å². The fraction of sp³-hybridized carbons (Fsp3) is 0.867. The summed E-state index contributed by atoms with van der Waals surface area (Å²) in [5.41, 5.74) is 11.7. The van der Waals surface area contributed by atoms with Crippen LogP contribution in [0.1, 0.15) is 53.4 Å². The van der Waals surface area contributed by atoms with Crippen LogP contribution in [0.3, 0.4) is 0 Å². The lowest BCUT2D eigenvalue weighted by molar-refractivity contribution is -0.125. The monoisotopic (exact) mass is 302 g/mol. The summed E-state index contributed by atoms with van der Waals surface area (Å²) in [6.07, 6.45) is 3.18. The second-order valence-corrected chi connectivity index (χ2v) is 6.52. The summed E-state index contributed by atoms with van der Waals surface area (Å²) in [6.45, 7) is 8.03. The van der Waals surface area contributed by atoms with Crippen molar-refractivity contribution in [3.05, 3.63) is 0 Å². The molecule has 0 radical (unpaired) electrons. The maximum Gasteiger partial charge on any atom is 0.202 e. The Bertz CT molecular complexity index is 323. The first-order valence-electron chi connectivity index (χ1n) is 7.48. The predicted octanol–water partition coefficient (Wildman–Crippen LogP) is 2.16. The second kappa shape index (κ2) is 9.53. The topological polar surface area (TPSA) is 86.2 Å². The van der Waals surface area contributed by atoms with Crippen molar-refractivity contribution < 1.29 is 9.59 Å². The van der Waals surface area contributed by atoms with E-state index in [2.05, 4.69) is 12.6 Å². The van der Waals surface area contributed by atoms with Gasteiger partial charge in [-0.2, -0.15) is 0 Å². The highest BCUT2D eigenvalue weighted by Crippen LogP contribution is 2.20. The third kappa shape index (κ3) is 6.86. The quantitative estimate of drug-likeness (QED) is 0.540. The van der Waals surface area contributed by atoms with Gasteiger partial charge in [0.2, 0.25) is 5.12 Å². The number of nitrogens with two attached hydrogens (primary N) is 2. The van der Waals surface area contributed by atoms with E-state index in [1.165, 1.54) is 0 Å². The first-order valence-corrected chi connectivity index (χ1v) is 7.93. The van der Waals surface area contributed by atoms with Crippen LogP contribution < -0.4 is 11.5 Å². The van der Waals surface area contributed by atoms with E-state index in [0.29, 0.717) is 12.3 Å². The molecule has 5 atom stereocenters. The summed E-state index contributed by atoms with van der Waals surface area (Å²) in [4.78, 5) is 23.2. The van der Waals surface area contributed by atoms with Gasteiger partial charge in [0.25, 0.3) is 0 Å². The molecule has 20 heavy (non-hydrogen) atoms. The number of ketones is 1. The molecule has 0 aliphatic rings. The van der Waals surface area contributed by atoms with Gasteiger partial charge < -0.3 is 11.5 Å².